The molecule has 1 aliphatic carbocycles. The molecule has 0 spiro atoms. The number of rotatable bonds is 5. The van der Waals surface area contributed by atoms with Gasteiger partial charge < -0.3 is 15.1 Å². The van der Waals surface area contributed by atoms with Gasteiger partial charge in [-0.15, -0.1) is 0 Å². The second kappa shape index (κ2) is 7.06. The zero-order chi connectivity index (χ0) is 15.2. The van der Waals surface area contributed by atoms with Gasteiger partial charge in [-0.25, -0.2) is 9.97 Å². The first-order valence-corrected chi connectivity index (χ1v) is 7.70. The minimum absolute atomic E-state index is 0.256. The van der Waals surface area contributed by atoms with Crippen LogP contribution < -0.4 is 10.6 Å². The molecule has 22 heavy (non-hydrogen) atoms. The molecule has 6 nitrogen and oxygen atoms in total. The Hall–Kier alpha value is -2.37. The van der Waals surface area contributed by atoms with Crippen LogP contribution >= 0.6 is 0 Å². The Morgan fingerprint density at radius 1 is 1.23 bits per heavy atom. The number of amides is 1. The number of carbonyl (C=O) groups excluding carboxylic acids is 1. The molecule has 1 saturated carbocycles. The van der Waals surface area contributed by atoms with Gasteiger partial charge in [-0.1, -0.05) is 19.3 Å². The number of nitrogens with one attached hydrogen (secondary N) is 2. The molecule has 0 radical (unpaired) electrons. The molecular weight excluding hydrogens is 280 g/mol. The van der Waals surface area contributed by atoms with Crippen LogP contribution in [0.15, 0.2) is 35.2 Å². The average molecular weight is 300 g/mol. The fraction of sp³-hybridized carbons (Fsp3) is 0.438. The van der Waals surface area contributed by atoms with Crippen molar-refractivity contribution in [1.82, 2.24) is 15.3 Å². The first kappa shape index (κ1) is 14.6. The van der Waals surface area contributed by atoms with Crippen molar-refractivity contribution in [1.29, 1.82) is 0 Å². The van der Waals surface area contributed by atoms with Crippen LogP contribution in [0, 0.1) is 0 Å². The van der Waals surface area contributed by atoms with Crippen molar-refractivity contribution in [3.05, 3.63) is 42.2 Å². The number of carbonyl (C=O) groups is 1. The molecule has 0 aliphatic heterocycles. The summed E-state index contributed by atoms with van der Waals surface area (Å²) in [5.74, 6) is 1.18. The molecule has 2 heterocycles. The predicted octanol–water partition coefficient (Wildman–Crippen LogP) is 2.74. The van der Waals surface area contributed by atoms with Gasteiger partial charge in [0.1, 0.15) is 17.3 Å². The number of hydrogen-bond acceptors (Lipinski definition) is 5. The Kier molecular flexibility index (Phi) is 4.68. The molecule has 0 unspecified atom stereocenters. The van der Waals surface area contributed by atoms with Crippen LogP contribution in [0.4, 0.5) is 5.82 Å². The number of nitrogens with zero attached hydrogens (tertiary/aromatic N) is 2. The van der Waals surface area contributed by atoms with Gasteiger partial charge >= 0.3 is 0 Å². The molecule has 0 aromatic carbocycles. The van der Waals surface area contributed by atoms with E-state index in [2.05, 4.69) is 20.6 Å². The third kappa shape index (κ3) is 3.84. The topological polar surface area (TPSA) is 80.0 Å². The highest BCUT2D eigenvalue weighted by molar-refractivity contribution is 5.91. The van der Waals surface area contributed by atoms with Gasteiger partial charge in [-0.05, 0) is 25.0 Å². The van der Waals surface area contributed by atoms with Crippen molar-refractivity contribution < 1.29 is 9.21 Å². The maximum atomic E-state index is 12.0. The Morgan fingerprint density at radius 2 is 2.09 bits per heavy atom. The summed E-state index contributed by atoms with van der Waals surface area (Å²) >= 11 is 0. The third-order valence-electron chi connectivity index (χ3n) is 3.84. The van der Waals surface area contributed by atoms with E-state index in [0.717, 1.165) is 5.82 Å². The van der Waals surface area contributed by atoms with Crippen molar-refractivity contribution in [2.24, 2.45) is 0 Å². The quantitative estimate of drug-likeness (QED) is 0.887. The first-order valence-electron chi connectivity index (χ1n) is 7.70. The summed E-state index contributed by atoms with van der Waals surface area (Å²) in [6.07, 6.45) is 10.9. The third-order valence-corrected chi connectivity index (χ3v) is 3.84. The van der Waals surface area contributed by atoms with Crippen molar-refractivity contribution in [3.63, 3.8) is 0 Å². The number of hydrogen-bond donors (Lipinski definition) is 2. The van der Waals surface area contributed by atoms with Gasteiger partial charge in [0, 0.05) is 6.04 Å². The maximum Gasteiger partial charge on any atom is 0.271 e. The summed E-state index contributed by atoms with van der Waals surface area (Å²) in [6, 6.07) is 4.07. The highest BCUT2D eigenvalue weighted by atomic mass is 16.3. The van der Waals surface area contributed by atoms with E-state index < -0.39 is 0 Å². The molecule has 2 aromatic rings. The summed E-state index contributed by atoms with van der Waals surface area (Å²) in [4.78, 5) is 20.4. The van der Waals surface area contributed by atoms with Crippen LogP contribution in [-0.4, -0.2) is 21.9 Å². The molecule has 2 aromatic heterocycles. The maximum absolute atomic E-state index is 12.0. The summed E-state index contributed by atoms with van der Waals surface area (Å²) in [5, 5.41) is 6.13. The monoisotopic (exact) mass is 300 g/mol. The summed E-state index contributed by atoms with van der Waals surface area (Å²) < 4.78 is 5.16. The second-order valence-corrected chi connectivity index (χ2v) is 5.53. The van der Waals surface area contributed by atoms with Crippen molar-refractivity contribution in [3.8, 4) is 0 Å². The van der Waals surface area contributed by atoms with Gasteiger partial charge in [0.2, 0.25) is 0 Å². The van der Waals surface area contributed by atoms with E-state index in [1.54, 1.807) is 18.5 Å². The average Bonchev–Trinajstić information content (AvgIpc) is 3.08. The van der Waals surface area contributed by atoms with Crippen molar-refractivity contribution >= 4 is 11.7 Å². The molecule has 6 heteroatoms. The number of furan rings is 1. The van der Waals surface area contributed by atoms with Crippen LogP contribution in [0.2, 0.25) is 0 Å². The minimum atomic E-state index is -0.256. The lowest BCUT2D eigenvalue weighted by Crippen LogP contribution is -2.25. The van der Waals surface area contributed by atoms with E-state index in [9.17, 15) is 4.79 Å². The fourth-order valence-electron chi connectivity index (χ4n) is 2.65. The largest absolute Gasteiger partial charge is 0.467 e. The van der Waals surface area contributed by atoms with Crippen LogP contribution in [0.25, 0.3) is 0 Å². The lowest BCUT2D eigenvalue weighted by atomic mass is 9.96. The van der Waals surface area contributed by atoms with Crippen LogP contribution in [0.3, 0.4) is 0 Å². The van der Waals surface area contributed by atoms with E-state index in [4.69, 9.17) is 4.42 Å². The van der Waals surface area contributed by atoms with E-state index >= 15 is 0 Å². The number of aromatic nitrogens is 2. The SMILES string of the molecule is O=C(NCc1ccco1)c1cnc(NC2CCCCC2)cn1. The fourth-order valence-corrected chi connectivity index (χ4v) is 2.65. The highest BCUT2D eigenvalue weighted by Crippen LogP contribution is 2.20. The Labute approximate surface area is 129 Å². The van der Waals surface area contributed by atoms with Crippen LogP contribution in [0.5, 0.6) is 0 Å². The standard InChI is InChI=1S/C16H20N4O2/c21-16(19-9-13-7-4-8-22-13)14-10-18-15(11-17-14)20-12-5-2-1-3-6-12/h4,7-8,10-12H,1-3,5-6,9H2,(H,18,20)(H,19,21). The van der Waals surface area contributed by atoms with Crippen LogP contribution in [-0.2, 0) is 6.54 Å². The zero-order valence-electron chi connectivity index (χ0n) is 12.4. The molecule has 0 atom stereocenters. The van der Waals surface area contributed by atoms with E-state index in [0.29, 0.717) is 24.0 Å². The van der Waals surface area contributed by atoms with Crippen molar-refractivity contribution in [2.45, 2.75) is 44.7 Å². The van der Waals surface area contributed by atoms with Crippen molar-refractivity contribution in [2.75, 3.05) is 5.32 Å². The normalized spacial score (nSPS) is 15.5. The molecular formula is C16H20N4O2. The van der Waals surface area contributed by atoms with E-state index in [1.807, 2.05) is 6.07 Å². The molecule has 1 fully saturated rings. The summed E-state index contributed by atoms with van der Waals surface area (Å²) in [7, 11) is 0. The van der Waals surface area contributed by atoms with Crippen LogP contribution in [0.1, 0.15) is 48.4 Å². The Bertz CT molecular complexity index is 589. The summed E-state index contributed by atoms with van der Waals surface area (Å²) in [5.41, 5.74) is 0.306. The molecule has 116 valence electrons. The van der Waals surface area contributed by atoms with Gasteiger partial charge in [-0.3, -0.25) is 4.79 Å². The van der Waals surface area contributed by atoms with Gasteiger partial charge in [0.25, 0.3) is 5.91 Å². The Balaban J connectivity index is 1.52. The number of anilines is 1. The van der Waals surface area contributed by atoms with Gasteiger partial charge in [0.05, 0.1) is 25.2 Å². The van der Waals surface area contributed by atoms with Gasteiger partial charge in [0.15, 0.2) is 0 Å². The Morgan fingerprint density at radius 3 is 2.77 bits per heavy atom. The van der Waals surface area contributed by atoms with E-state index in [-0.39, 0.29) is 5.91 Å². The molecule has 1 aliphatic rings. The minimum Gasteiger partial charge on any atom is -0.467 e. The molecule has 3 rings (SSSR count). The lowest BCUT2D eigenvalue weighted by molar-refractivity contribution is 0.0942. The lowest BCUT2D eigenvalue weighted by Gasteiger charge is -2.23. The molecule has 2 N–H and O–H groups in total. The van der Waals surface area contributed by atoms with Gasteiger partial charge in [-0.2, -0.15) is 0 Å². The summed E-state index contributed by atoms with van der Waals surface area (Å²) in [6.45, 7) is 0.343. The smallest absolute Gasteiger partial charge is 0.271 e. The molecule has 1 amide bonds. The molecule has 0 saturated heterocycles. The molecule has 0 bridgehead atoms. The van der Waals surface area contributed by atoms with E-state index in [1.165, 1.54) is 38.3 Å². The zero-order valence-corrected chi connectivity index (χ0v) is 12.4. The predicted molar refractivity (Wildman–Crippen MR) is 82.4 cm³/mol. The highest BCUT2D eigenvalue weighted by Gasteiger charge is 2.14. The first-order chi connectivity index (χ1) is 10.8. The second-order valence-electron chi connectivity index (χ2n) is 5.53.